The van der Waals surface area contributed by atoms with E-state index < -0.39 is 6.04 Å². The van der Waals surface area contributed by atoms with Gasteiger partial charge in [-0.1, -0.05) is 19.9 Å². The van der Waals surface area contributed by atoms with Gasteiger partial charge >= 0.3 is 5.97 Å². The lowest BCUT2D eigenvalue weighted by Crippen LogP contribution is -2.34. The molecule has 2 N–H and O–H groups in total. The van der Waals surface area contributed by atoms with Crippen LogP contribution in [0.3, 0.4) is 0 Å². The van der Waals surface area contributed by atoms with E-state index in [-0.39, 0.29) is 18.0 Å². The largest absolute Gasteiger partial charge is 0.497 e. The first-order valence-electron chi connectivity index (χ1n) is 7.38. The van der Waals surface area contributed by atoms with Crippen LogP contribution in [0, 0.1) is 12.8 Å². The highest BCUT2D eigenvalue weighted by Crippen LogP contribution is 2.33. The lowest BCUT2D eigenvalue weighted by molar-refractivity contribution is -0.151. The summed E-state index contributed by atoms with van der Waals surface area (Å²) in [5.74, 6) is 0.935. The number of carbonyl (C=O) groups is 1. The average molecular weight is 293 g/mol. The van der Waals surface area contributed by atoms with Crippen molar-refractivity contribution in [3.05, 3.63) is 29.3 Å². The molecule has 0 saturated carbocycles. The molecule has 4 heteroatoms. The van der Waals surface area contributed by atoms with Crippen molar-refractivity contribution in [2.24, 2.45) is 11.7 Å². The highest BCUT2D eigenvalue weighted by Gasteiger charge is 2.28. The molecule has 4 nitrogen and oxygen atoms in total. The summed E-state index contributed by atoms with van der Waals surface area (Å²) in [6, 6.07) is 5.40. The molecule has 0 aliphatic heterocycles. The predicted molar refractivity (Wildman–Crippen MR) is 84.5 cm³/mol. The van der Waals surface area contributed by atoms with Gasteiger partial charge in [0.1, 0.15) is 17.9 Å². The second kappa shape index (κ2) is 7.46. The number of methoxy groups -OCH3 is 1. The molecule has 118 valence electrons. The fraction of sp³-hybridized carbons (Fsp3) is 0.588. The van der Waals surface area contributed by atoms with E-state index in [9.17, 15) is 4.79 Å². The maximum absolute atomic E-state index is 11.7. The van der Waals surface area contributed by atoms with Crippen molar-refractivity contribution in [1.82, 2.24) is 0 Å². The van der Waals surface area contributed by atoms with E-state index >= 15 is 0 Å². The van der Waals surface area contributed by atoms with E-state index in [0.29, 0.717) is 5.92 Å². The monoisotopic (exact) mass is 293 g/mol. The molecule has 0 radical (unpaired) electrons. The van der Waals surface area contributed by atoms with Gasteiger partial charge in [-0.25, -0.2) is 0 Å². The van der Waals surface area contributed by atoms with Gasteiger partial charge < -0.3 is 15.2 Å². The molecule has 1 aromatic rings. The topological polar surface area (TPSA) is 61.5 Å². The normalized spacial score (nSPS) is 15.4. The fourth-order valence-electron chi connectivity index (χ4n) is 2.67. The number of aryl methyl sites for hydroxylation is 1. The minimum absolute atomic E-state index is 0.124. The van der Waals surface area contributed by atoms with Crippen molar-refractivity contribution in [2.75, 3.05) is 7.11 Å². The van der Waals surface area contributed by atoms with E-state index in [0.717, 1.165) is 11.3 Å². The average Bonchev–Trinajstić information content (AvgIpc) is 2.40. The number of carbonyl (C=O) groups excluding carboxylic acids is 1. The molecular weight excluding hydrogens is 266 g/mol. The van der Waals surface area contributed by atoms with E-state index in [1.54, 1.807) is 14.0 Å². The third kappa shape index (κ3) is 4.46. The van der Waals surface area contributed by atoms with Crippen LogP contribution in [-0.2, 0) is 9.53 Å². The SMILES string of the molecule is COc1ccc([C@H](C(C)C)[C@H](C)OC(=O)[C@H](C)N)c(C)c1. The van der Waals surface area contributed by atoms with Crippen LogP contribution in [0.1, 0.15) is 44.7 Å². The number of rotatable bonds is 6. The zero-order chi connectivity index (χ0) is 16.2. The second-order valence-corrected chi connectivity index (χ2v) is 5.92. The zero-order valence-electron chi connectivity index (χ0n) is 13.8. The first kappa shape index (κ1) is 17.5. The molecule has 0 aliphatic carbocycles. The lowest BCUT2D eigenvalue weighted by atomic mass is 9.82. The second-order valence-electron chi connectivity index (χ2n) is 5.92. The third-order valence-electron chi connectivity index (χ3n) is 3.73. The molecule has 0 unspecified atom stereocenters. The summed E-state index contributed by atoms with van der Waals surface area (Å²) in [4.78, 5) is 11.7. The summed E-state index contributed by atoms with van der Waals surface area (Å²) in [5, 5.41) is 0. The van der Waals surface area contributed by atoms with Gasteiger partial charge in [0, 0.05) is 5.92 Å². The van der Waals surface area contributed by atoms with Crippen molar-refractivity contribution in [3.8, 4) is 5.75 Å². The molecule has 0 aromatic heterocycles. The van der Waals surface area contributed by atoms with Gasteiger partial charge in [-0.3, -0.25) is 4.79 Å². The number of benzene rings is 1. The Morgan fingerprint density at radius 2 is 1.81 bits per heavy atom. The van der Waals surface area contributed by atoms with Crippen LogP contribution in [0.4, 0.5) is 0 Å². The van der Waals surface area contributed by atoms with Crippen molar-refractivity contribution in [1.29, 1.82) is 0 Å². The Hall–Kier alpha value is -1.55. The Kier molecular flexibility index (Phi) is 6.21. The van der Waals surface area contributed by atoms with Gasteiger partial charge in [0.15, 0.2) is 0 Å². The molecule has 21 heavy (non-hydrogen) atoms. The number of hydrogen-bond acceptors (Lipinski definition) is 4. The quantitative estimate of drug-likeness (QED) is 0.819. The van der Waals surface area contributed by atoms with Gasteiger partial charge in [0.05, 0.1) is 7.11 Å². The van der Waals surface area contributed by atoms with Crippen molar-refractivity contribution < 1.29 is 14.3 Å². The van der Waals surface area contributed by atoms with Crippen LogP contribution in [-0.4, -0.2) is 25.2 Å². The Morgan fingerprint density at radius 3 is 2.24 bits per heavy atom. The summed E-state index contributed by atoms with van der Waals surface area (Å²) in [6.07, 6.45) is -0.226. The molecule has 0 amide bonds. The molecule has 1 aromatic carbocycles. The Balaban J connectivity index is 3.04. The van der Waals surface area contributed by atoms with Crippen LogP contribution in [0.25, 0.3) is 0 Å². The van der Waals surface area contributed by atoms with Gasteiger partial charge in [-0.15, -0.1) is 0 Å². The van der Waals surface area contributed by atoms with Crippen LogP contribution in [0.15, 0.2) is 18.2 Å². The molecule has 0 spiro atoms. The van der Waals surface area contributed by atoms with Gasteiger partial charge in [-0.05, 0) is 49.9 Å². The molecule has 3 atom stereocenters. The summed E-state index contributed by atoms with van der Waals surface area (Å²) in [5.41, 5.74) is 7.89. The van der Waals surface area contributed by atoms with Gasteiger partial charge in [0.2, 0.25) is 0 Å². The summed E-state index contributed by atoms with van der Waals surface area (Å²) in [7, 11) is 1.65. The Labute approximate surface area is 127 Å². The molecule has 0 aliphatic rings. The highest BCUT2D eigenvalue weighted by molar-refractivity contribution is 5.75. The first-order chi connectivity index (χ1) is 9.77. The molecule has 0 saturated heterocycles. The predicted octanol–water partition coefficient (Wildman–Crippen LogP) is 3.02. The molecule has 1 rings (SSSR count). The number of nitrogens with two attached hydrogens (primary N) is 1. The highest BCUT2D eigenvalue weighted by atomic mass is 16.5. The molecule has 0 bridgehead atoms. The third-order valence-corrected chi connectivity index (χ3v) is 3.73. The smallest absolute Gasteiger partial charge is 0.322 e. The van der Waals surface area contributed by atoms with E-state index in [2.05, 4.69) is 19.9 Å². The van der Waals surface area contributed by atoms with Crippen LogP contribution in [0.5, 0.6) is 5.75 Å². The standard InChI is InChI=1S/C17H27NO3/c1-10(2)16(13(5)21-17(19)12(4)18)15-8-7-14(20-6)9-11(15)3/h7-10,12-13,16H,18H2,1-6H3/t12-,13-,16+/m0/s1. The number of hydrogen-bond donors (Lipinski definition) is 1. The molecule has 0 fully saturated rings. The lowest BCUT2D eigenvalue weighted by Gasteiger charge is -2.29. The van der Waals surface area contributed by atoms with Gasteiger partial charge in [0.25, 0.3) is 0 Å². The summed E-state index contributed by atoms with van der Waals surface area (Å²) < 4.78 is 10.8. The maximum atomic E-state index is 11.7. The fourth-order valence-corrected chi connectivity index (χ4v) is 2.67. The van der Waals surface area contributed by atoms with E-state index in [1.807, 2.05) is 26.0 Å². The molecule has 0 heterocycles. The zero-order valence-corrected chi connectivity index (χ0v) is 13.8. The molecular formula is C17H27NO3. The van der Waals surface area contributed by atoms with Crippen LogP contribution in [0.2, 0.25) is 0 Å². The van der Waals surface area contributed by atoms with E-state index in [1.165, 1.54) is 5.56 Å². The summed E-state index contributed by atoms with van der Waals surface area (Å²) >= 11 is 0. The van der Waals surface area contributed by atoms with Gasteiger partial charge in [-0.2, -0.15) is 0 Å². The first-order valence-corrected chi connectivity index (χ1v) is 7.38. The van der Waals surface area contributed by atoms with Crippen LogP contribution < -0.4 is 10.5 Å². The van der Waals surface area contributed by atoms with Crippen LogP contribution >= 0.6 is 0 Å². The summed E-state index contributed by atoms with van der Waals surface area (Å²) in [6.45, 7) is 9.87. The number of ether oxygens (including phenoxy) is 2. The van der Waals surface area contributed by atoms with Crippen molar-refractivity contribution in [2.45, 2.75) is 52.7 Å². The maximum Gasteiger partial charge on any atom is 0.322 e. The van der Waals surface area contributed by atoms with E-state index in [4.69, 9.17) is 15.2 Å². The van der Waals surface area contributed by atoms with Crippen molar-refractivity contribution >= 4 is 5.97 Å². The minimum Gasteiger partial charge on any atom is -0.497 e. The Morgan fingerprint density at radius 1 is 1.19 bits per heavy atom. The Bertz CT molecular complexity index is 483. The number of esters is 1. The van der Waals surface area contributed by atoms with Crippen molar-refractivity contribution in [3.63, 3.8) is 0 Å². The minimum atomic E-state index is -0.600.